The molecule has 0 spiro atoms. The Morgan fingerprint density at radius 1 is 0.800 bits per heavy atom. The lowest BCUT2D eigenvalue weighted by atomic mass is 10.1. The highest BCUT2D eigenvalue weighted by Crippen LogP contribution is 2.09. The maximum Gasteiger partial charge on any atom is 0.0701 e. The molecule has 0 aromatic heterocycles. The number of hydrogen-bond donors (Lipinski definition) is 0. The molecule has 0 unspecified atom stereocenters. The first-order valence-electron chi connectivity index (χ1n) is 5.40. The number of aryl methyl sites for hydroxylation is 2. The average molecular weight is 208 g/mol. The minimum atomic E-state index is 0.778. The number of rotatable bonds is 0. The highest BCUT2D eigenvalue weighted by atomic mass is 16.6. The van der Waals surface area contributed by atoms with Gasteiger partial charge in [-0.1, -0.05) is 18.2 Å². The predicted octanol–water partition coefficient (Wildman–Crippen LogP) is 2.65. The zero-order valence-electron chi connectivity index (χ0n) is 9.88. The second kappa shape index (κ2) is 6.59. The Bertz CT molecular complexity index is 259. The van der Waals surface area contributed by atoms with E-state index in [9.17, 15) is 0 Å². The zero-order valence-corrected chi connectivity index (χ0v) is 9.88. The van der Waals surface area contributed by atoms with Gasteiger partial charge in [0.2, 0.25) is 0 Å². The molecule has 0 saturated carbocycles. The van der Waals surface area contributed by atoms with E-state index in [2.05, 4.69) is 39.0 Å². The third-order valence-electron chi connectivity index (χ3n) is 2.62. The van der Waals surface area contributed by atoms with Crippen molar-refractivity contribution >= 4 is 0 Å². The summed E-state index contributed by atoms with van der Waals surface area (Å²) < 4.78 is 9.89. The van der Waals surface area contributed by atoms with E-state index in [0.717, 1.165) is 26.4 Å². The monoisotopic (exact) mass is 208 g/mol. The Labute approximate surface area is 92.2 Å². The van der Waals surface area contributed by atoms with E-state index >= 15 is 0 Å². The van der Waals surface area contributed by atoms with E-state index in [-0.39, 0.29) is 0 Å². The van der Waals surface area contributed by atoms with Crippen LogP contribution in [0.4, 0.5) is 0 Å². The van der Waals surface area contributed by atoms with Gasteiger partial charge in [0.1, 0.15) is 0 Å². The molecule has 1 aliphatic heterocycles. The molecule has 15 heavy (non-hydrogen) atoms. The number of ether oxygens (including phenoxy) is 2. The van der Waals surface area contributed by atoms with E-state index in [0.29, 0.717) is 0 Å². The number of hydrogen-bond acceptors (Lipinski definition) is 2. The summed E-state index contributed by atoms with van der Waals surface area (Å²) >= 11 is 0. The van der Waals surface area contributed by atoms with Gasteiger partial charge in [0, 0.05) is 0 Å². The molecule has 2 nitrogen and oxygen atoms in total. The summed E-state index contributed by atoms with van der Waals surface area (Å²) in [5, 5.41) is 0. The van der Waals surface area contributed by atoms with Crippen LogP contribution in [0.1, 0.15) is 16.7 Å². The van der Waals surface area contributed by atoms with Gasteiger partial charge in [-0.15, -0.1) is 0 Å². The van der Waals surface area contributed by atoms with Crippen LogP contribution in [0.15, 0.2) is 18.2 Å². The summed E-state index contributed by atoms with van der Waals surface area (Å²) in [7, 11) is 0. The average Bonchev–Trinajstić information content (AvgIpc) is 2.29. The second-order valence-corrected chi connectivity index (χ2v) is 3.74. The van der Waals surface area contributed by atoms with Crippen molar-refractivity contribution in [2.24, 2.45) is 0 Å². The standard InChI is InChI=1S/C9H12.C4H8O2/c1-7-5-4-6-8(2)9(7)3;1-2-6-4-3-5-1/h4-6H,1-3H3;1-4H2. The summed E-state index contributed by atoms with van der Waals surface area (Å²) in [5.74, 6) is 0. The highest BCUT2D eigenvalue weighted by Gasteiger charge is 1.94. The first kappa shape index (κ1) is 12.2. The summed E-state index contributed by atoms with van der Waals surface area (Å²) in [6.45, 7) is 9.55. The van der Waals surface area contributed by atoms with Crippen LogP contribution in [0.5, 0.6) is 0 Å². The van der Waals surface area contributed by atoms with Gasteiger partial charge in [0.15, 0.2) is 0 Å². The molecule has 2 heteroatoms. The normalized spacial score (nSPS) is 15.4. The maximum absolute atomic E-state index is 4.94. The lowest BCUT2D eigenvalue weighted by Crippen LogP contribution is -2.16. The molecular weight excluding hydrogens is 188 g/mol. The van der Waals surface area contributed by atoms with Crippen molar-refractivity contribution in [2.75, 3.05) is 26.4 Å². The zero-order chi connectivity index (χ0) is 11.1. The van der Waals surface area contributed by atoms with Crippen molar-refractivity contribution in [2.45, 2.75) is 20.8 Å². The lowest BCUT2D eigenvalue weighted by molar-refractivity contribution is -0.0334. The third kappa shape index (κ3) is 4.45. The van der Waals surface area contributed by atoms with Crippen LogP contribution in [-0.2, 0) is 9.47 Å². The van der Waals surface area contributed by atoms with Crippen LogP contribution in [-0.4, -0.2) is 26.4 Å². The topological polar surface area (TPSA) is 18.5 Å². The van der Waals surface area contributed by atoms with Gasteiger partial charge in [0.05, 0.1) is 26.4 Å². The summed E-state index contributed by atoms with van der Waals surface area (Å²) in [6.07, 6.45) is 0. The molecule has 0 bridgehead atoms. The van der Waals surface area contributed by atoms with E-state index < -0.39 is 0 Å². The van der Waals surface area contributed by atoms with E-state index in [1.165, 1.54) is 16.7 Å². The van der Waals surface area contributed by atoms with Crippen LogP contribution >= 0.6 is 0 Å². The lowest BCUT2D eigenvalue weighted by Gasteiger charge is -2.09. The molecule has 0 amide bonds. The van der Waals surface area contributed by atoms with Crippen molar-refractivity contribution < 1.29 is 9.47 Å². The van der Waals surface area contributed by atoms with E-state index in [4.69, 9.17) is 9.47 Å². The molecule has 0 radical (unpaired) electrons. The molecule has 1 heterocycles. The van der Waals surface area contributed by atoms with Crippen molar-refractivity contribution in [1.29, 1.82) is 0 Å². The Hall–Kier alpha value is -0.860. The summed E-state index contributed by atoms with van der Waals surface area (Å²) in [6, 6.07) is 6.38. The fourth-order valence-corrected chi connectivity index (χ4v) is 1.34. The molecule has 0 aliphatic carbocycles. The quantitative estimate of drug-likeness (QED) is 0.652. The van der Waals surface area contributed by atoms with Crippen LogP contribution < -0.4 is 0 Å². The van der Waals surface area contributed by atoms with Crippen molar-refractivity contribution in [1.82, 2.24) is 0 Å². The molecule has 1 saturated heterocycles. The largest absolute Gasteiger partial charge is 0.377 e. The van der Waals surface area contributed by atoms with Gasteiger partial charge in [-0.3, -0.25) is 0 Å². The maximum atomic E-state index is 4.94. The molecule has 1 aliphatic rings. The molecule has 2 rings (SSSR count). The predicted molar refractivity (Wildman–Crippen MR) is 62.3 cm³/mol. The third-order valence-corrected chi connectivity index (χ3v) is 2.62. The van der Waals surface area contributed by atoms with Gasteiger partial charge >= 0.3 is 0 Å². The van der Waals surface area contributed by atoms with Gasteiger partial charge in [-0.2, -0.15) is 0 Å². The van der Waals surface area contributed by atoms with E-state index in [1.807, 2.05) is 0 Å². The molecule has 0 N–H and O–H groups in total. The fraction of sp³-hybridized carbons (Fsp3) is 0.538. The Kier molecular flexibility index (Phi) is 5.37. The Morgan fingerprint density at radius 2 is 1.20 bits per heavy atom. The minimum Gasteiger partial charge on any atom is -0.377 e. The Morgan fingerprint density at radius 3 is 1.47 bits per heavy atom. The van der Waals surface area contributed by atoms with Gasteiger partial charge < -0.3 is 9.47 Å². The molecule has 1 aromatic carbocycles. The van der Waals surface area contributed by atoms with Crippen molar-refractivity contribution in [3.05, 3.63) is 34.9 Å². The minimum absolute atomic E-state index is 0.778. The Balaban J connectivity index is 0.000000162. The number of benzene rings is 1. The fourth-order valence-electron chi connectivity index (χ4n) is 1.34. The van der Waals surface area contributed by atoms with Crippen LogP contribution in [0, 0.1) is 20.8 Å². The van der Waals surface area contributed by atoms with E-state index in [1.54, 1.807) is 0 Å². The SMILES string of the molecule is C1COCCO1.Cc1cccc(C)c1C. The van der Waals surface area contributed by atoms with Gasteiger partial charge in [-0.25, -0.2) is 0 Å². The highest BCUT2D eigenvalue weighted by molar-refractivity contribution is 5.31. The summed E-state index contributed by atoms with van der Waals surface area (Å²) in [5.41, 5.74) is 4.18. The molecule has 0 atom stereocenters. The molecular formula is C13H20O2. The first-order chi connectivity index (χ1) is 7.22. The molecule has 84 valence electrons. The molecule has 1 fully saturated rings. The van der Waals surface area contributed by atoms with Crippen LogP contribution in [0.25, 0.3) is 0 Å². The smallest absolute Gasteiger partial charge is 0.0701 e. The first-order valence-corrected chi connectivity index (χ1v) is 5.40. The molecule has 1 aromatic rings. The second-order valence-electron chi connectivity index (χ2n) is 3.74. The van der Waals surface area contributed by atoms with Crippen LogP contribution in [0.2, 0.25) is 0 Å². The van der Waals surface area contributed by atoms with Crippen molar-refractivity contribution in [3.8, 4) is 0 Å². The van der Waals surface area contributed by atoms with Crippen LogP contribution in [0.3, 0.4) is 0 Å². The van der Waals surface area contributed by atoms with Gasteiger partial charge in [0.25, 0.3) is 0 Å². The van der Waals surface area contributed by atoms with Gasteiger partial charge in [-0.05, 0) is 37.5 Å². The van der Waals surface area contributed by atoms with Crippen molar-refractivity contribution in [3.63, 3.8) is 0 Å². The summed E-state index contributed by atoms with van der Waals surface area (Å²) in [4.78, 5) is 0.